The van der Waals surface area contributed by atoms with E-state index in [9.17, 15) is 40.5 Å². The fourth-order valence-corrected chi connectivity index (χ4v) is 3.69. The number of hydrogen-bond acceptors (Lipinski definition) is 12. The smallest absolute Gasteiger partial charge is 0.317 e. The summed E-state index contributed by atoms with van der Waals surface area (Å²) in [6, 6.07) is 4.00. The Morgan fingerprint density at radius 2 is 1.44 bits per heavy atom. The van der Waals surface area contributed by atoms with Crippen LogP contribution in [0.15, 0.2) is 24.3 Å². The van der Waals surface area contributed by atoms with Crippen molar-refractivity contribution in [1.82, 2.24) is 10.6 Å². The predicted octanol–water partition coefficient (Wildman–Crippen LogP) is -4.02. The minimum absolute atomic E-state index is 0.292. The number of carbonyl (C=O) groups is 1. The van der Waals surface area contributed by atoms with Crippen LogP contribution < -0.4 is 20.1 Å². The molecule has 1 aromatic rings. The zero-order valence-electron chi connectivity index (χ0n) is 18.2. The van der Waals surface area contributed by atoms with Gasteiger partial charge in [0.15, 0.2) is 6.23 Å². The molecule has 34 heavy (non-hydrogen) atoms. The summed E-state index contributed by atoms with van der Waals surface area (Å²) in [6.07, 6.45) is -13.6. The highest BCUT2D eigenvalue weighted by atomic mass is 16.7. The number of amides is 2. The highest BCUT2D eigenvalue weighted by Crippen LogP contribution is 2.26. The summed E-state index contributed by atoms with van der Waals surface area (Å²) in [5.74, 6) is 0.862. The van der Waals surface area contributed by atoms with E-state index in [4.69, 9.17) is 18.9 Å². The van der Waals surface area contributed by atoms with Crippen LogP contribution in [0.4, 0.5) is 4.79 Å². The molecule has 0 saturated carbocycles. The van der Waals surface area contributed by atoms with Gasteiger partial charge in [0, 0.05) is 0 Å². The Balaban J connectivity index is 1.62. The van der Waals surface area contributed by atoms with Crippen LogP contribution in [0.1, 0.15) is 0 Å². The van der Waals surface area contributed by atoms with Gasteiger partial charge in [-0.05, 0) is 24.3 Å². The van der Waals surface area contributed by atoms with E-state index in [-0.39, 0.29) is 0 Å². The molecular weight excluding hydrogens is 460 g/mol. The number of rotatable bonds is 7. The van der Waals surface area contributed by atoms with Crippen LogP contribution in [-0.4, -0.2) is 123 Å². The molecule has 192 valence electrons. The molecule has 0 spiro atoms. The number of aliphatic hydroxyl groups excluding tert-OH is 7. The van der Waals surface area contributed by atoms with Crippen LogP contribution in [0.2, 0.25) is 0 Å². The van der Waals surface area contributed by atoms with Crippen LogP contribution in [0, 0.1) is 0 Å². The molecule has 2 amide bonds. The number of hydrogen-bond donors (Lipinski definition) is 9. The Bertz CT molecular complexity index is 794. The number of benzene rings is 1. The zero-order chi connectivity index (χ0) is 25.0. The lowest BCUT2D eigenvalue weighted by atomic mass is 9.96. The maximum Gasteiger partial charge on any atom is 0.317 e. The summed E-state index contributed by atoms with van der Waals surface area (Å²) in [4.78, 5) is 12.5. The number of ether oxygens (including phenoxy) is 4. The average molecular weight is 490 g/mol. The molecule has 10 atom stereocenters. The molecule has 2 fully saturated rings. The topological polar surface area (TPSA) is 220 Å². The van der Waals surface area contributed by atoms with E-state index in [0.717, 1.165) is 0 Å². The molecule has 3 rings (SSSR count). The van der Waals surface area contributed by atoms with Crippen molar-refractivity contribution in [3.8, 4) is 11.5 Å². The number of aliphatic hydroxyl groups is 7. The number of nitrogens with one attached hydrogen (secondary N) is 2. The number of urea groups is 1. The van der Waals surface area contributed by atoms with Gasteiger partial charge in [0.05, 0.1) is 26.4 Å². The van der Waals surface area contributed by atoms with E-state index in [1.807, 2.05) is 0 Å². The minimum atomic E-state index is -1.72. The number of methoxy groups -OCH3 is 1. The lowest BCUT2D eigenvalue weighted by Gasteiger charge is -2.43. The average Bonchev–Trinajstić information content (AvgIpc) is 2.84. The Hall–Kier alpha value is -2.27. The molecule has 1 aromatic carbocycles. The van der Waals surface area contributed by atoms with E-state index in [2.05, 4.69) is 10.6 Å². The lowest BCUT2D eigenvalue weighted by molar-refractivity contribution is -0.251. The van der Waals surface area contributed by atoms with Gasteiger partial charge in [0.25, 0.3) is 0 Å². The summed E-state index contributed by atoms with van der Waals surface area (Å²) in [5.41, 5.74) is 0. The van der Waals surface area contributed by atoms with Crippen molar-refractivity contribution >= 4 is 6.03 Å². The lowest BCUT2D eigenvalue weighted by Crippen LogP contribution is -2.68. The van der Waals surface area contributed by atoms with Crippen molar-refractivity contribution in [1.29, 1.82) is 0 Å². The molecule has 0 bridgehead atoms. The van der Waals surface area contributed by atoms with E-state index >= 15 is 0 Å². The summed E-state index contributed by atoms with van der Waals surface area (Å²) in [5, 5.41) is 74.2. The summed E-state index contributed by atoms with van der Waals surface area (Å²) >= 11 is 0. The second-order valence-corrected chi connectivity index (χ2v) is 7.89. The van der Waals surface area contributed by atoms with Crippen molar-refractivity contribution < 1.29 is 59.5 Å². The first-order valence-corrected chi connectivity index (χ1v) is 10.5. The summed E-state index contributed by atoms with van der Waals surface area (Å²) < 4.78 is 21.3. The van der Waals surface area contributed by atoms with E-state index in [0.29, 0.717) is 11.5 Å². The molecule has 2 aliphatic heterocycles. The van der Waals surface area contributed by atoms with Gasteiger partial charge in [-0.1, -0.05) is 0 Å². The molecule has 2 aliphatic rings. The molecule has 14 heteroatoms. The Kier molecular flexibility index (Phi) is 8.86. The van der Waals surface area contributed by atoms with Crippen molar-refractivity contribution in [2.45, 2.75) is 61.3 Å². The maximum atomic E-state index is 12.5. The fourth-order valence-electron chi connectivity index (χ4n) is 3.69. The first kappa shape index (κ1) is 26.3. The number of carbonyl (C=O) groups excluding carboxylic acids is 1. The highest BCUT2D eigenvalue weighted by molar-refractivity contribution is 5.74. The Morgan fingerprint density at radius 1 is 0.824 bits per heavy atom. The predicted molar refractivity (Wildman–Crippen MR) is 111 cm³/mol. The molecule has 2 saturated heterocycles. The van der Waals surface area contributed by atoms with Gasteiger partial charge in [-0.2, -0.15) is 0 Å². The Labute approximate surface area is 194 Å². The second kappa shape index (κ2) is 11.4. The normalized spacial score (nSPS) is 38.1. The van der Waals surface area contributed by atoms with Crippen LogP contribution in [0.25, 0.3) is 0 Å². The first-order chi connectivity index (χ1) is 16.2. The van der Waals surface area contributed by atoms with Crippen molar-refractivity contribution in [2.75, 3.05) is 20.3 Å². The van der Waals surface area contributed by atoms with Gasteiger partial charge >= 0.3 is 6.03 Å². The van der Waals surface area contributed by atoms with Gasteiger partial charge in [0.1, 0.15) is 54.2 Å². The van der Waals surface area contributed by atoms with Crippen LogP contribution in [0.3, 0.4) is 0 Å². The molecule has 0 unspecified atom stereocenters. The molecular formula is C20H30N2O12. The Morgan fingerprint density at radius 3 is 2.03 bits per heavy atom. The van der Waals surface area contributed by atoms with Crippen molar-refractivity contribution in [3.63, 3.8) is 0 Å². The third kappa shape index (κ3) is 5.68. The van der Waals surface area contributed by atoms with Gasteiger partial charge in [-0.15, -0.1) is 0 Å². The van der Waals surface area contributed by atoms with Crippen molar-refractivity contribution in [3.05, 3.63) is 24.3 Å². The third-order valence-corrected chi connectivity index (χ3v) is 5.66. The van der Waals surface area contributed by atoms with Crippen LogP contribution >= 0.6 is 0 Å². The largest absolute Gasteiger partial charge is 0.497 e. The molecule has 2 heterocycles. The fraction of sp³-hybridized carbons (Fsp3) is 0.650. The molecule has 0 aromatic heterocycles. The van der Waals surface area contributed by atoms with Gasteiger partial charge in [-0.25, -0.2) is 4.79 Å². The van der Waals surface area contributed by atoms with E-state index in [1.165, 1.54) is 7.11 Å². The first-order valence-electron chi connectivity index (χ1n) is 10.5. The van der Waals surface area contributed by atoms with Crippen LogP contribution in [0.5, 0.6) is 11.5 Å². The van der Waals surface area contributed by atoms with Gasteiger partial charge < -0.3 is 65.3 Å². The summed E-state index contributed by atoms with van der Waals surface area (Å²) in [6.45, 7) is -1.34. The molecule has 14 nitrogen and oxygen atoms in total. The van der Waals surface area contributed by atoms with Crippen molar-refractivity contribution in [2.24, 2.45) is 0 Å². The van der Waals surface area contributed by atoms with E-state index in [1.54, 1.807) is 24.3 Å². The molecule has 0 radical (unpaired) electrons. The third-order valence-electron chi connectivity index (χ3n) is 5.66. The second-order valence-electron chi connectivity index (χ2n) is 7.89. The molecule has 9 N–H and O–H groups in total. The van der Waals surface area contributed by atoms with Crippen LogP contribution in [-0.2, 0) is 9.47 Å². The highest BCUT2D eigenvalue weighted by Gasteiger charge is 2.47. The quantitative estimate of drug-likeness (QED) is 0.178. The maximum absolute atomic E-state index is 12.5. The van der Waals surface area contributed by atoms with Gasteiger partial charge in [-0.3, -0.25) is 0 Å². The van der Waals surface area contributed by atoms with E-state index < -0.39 is 80.5 Å². The SMILES string of the molecule is COc1ccc(O[C@H]2O[C@H](CO)[C@@H](NC(=O)N[C@@H]3O[C@H](CO)[C@@H](O)[C@H](O)[C@H]3O)[C@H](O)[C@H]2O)cc1. The zero-order valence-corrected chi connectivity index (χ0v) is 18.2. The monoisotopic (exact) mass is 490 g/mol. The summed E-state index contributed by atoms with van der Waals surface area (Å²) in [7, 11) is 1.49. The molecule has 0 aliphatic carbocycles. The van der Waals surface area contributed by atoms with Gasteiger partial charge in [0.2, 0.25) is 6.29 Å². The minimum Gasteiger partial charge on any atom is -0.497 e. The standard InChI is InChI=1S/C20H30N2O12/c1-31-8-2-4-9(5-3-8)32-19-17(29)14(26)12(10(6-23)34-19)21-20(30)22-18-16(28)15(27)13(25)11(7-24)33-18/h2-5,10-19,23-29H,6-7H2,1H3,(H2,21,22,30)/t10-,11-,12-,13-,14+,15+,16-,17-,18-,19+/m1/s1.